The molecule has 0 spiro atoms. The first-order valence-corrected chi connectivity index (χ1v) is 4.95. The third kappa shape index (κ3) is 4.41. The number of hydrogen-bond acceptors (Lipinski definition) is 4. The van der Waals surface area contributed by atoms with Gasteiger partial charge in [-0.25, -0.2) is 14.6 Å². The minimum absolute atomic E-state index is 0.300. The van der Waals surface area contributed by atoms with E-state index in [1.807, 2.05) is 5.43 Å². The van der Waals surface area contributed by atoms with Gasteiger partial charge in [-0.1, -0.05) is 0 Å². The van der Waals surface area contributed by atoms with E-state index in [0.717, 1.165) is 0 Å². The second kappa shape index (κ2) is 6.21. The fraction of sp³-hybridized carbons (Fsp3) is 0.400. The highest BCUT2D eigenvalue weighted by Crippen LogP contribution is 2.04. The molecule has 1 aromatic rings. The third-order valence-corrected chi connectivity index (χ3v) is 2.10. The molecule has 7 heteroatoms. The van der Waals surface area contributed by atoms with Gasteiger partial charge in [0.05, 0.1) is 17.8 Å². The Balaban J connectivity index is 2.59. The second-order valence-corrected chi connectivity index (χ2v) is 3.60. The molecule has 0 aromatic carbocycles. The molecule has 0 atom stereocenters. The van der Waals surface area contributed by atoms with Gasteiger partial charge in [0.1, 0.15) is 0 Å². The standard InChI is InChI=1S/C10H14F2N4O/c1-16(6-9(11)12)5-8-3-2-7(4-14-8)10(17)15-13/h2-4,9H,5-6,13H2,1H3,(H,15,17). The maximum atomic E-state index is 12.1. The van der Waals surface area contributed by atoms with Gasteiger partial charge in [-0.15, -0.1) is 0 Å². The molecule has 3 N–H and O–H groups in total. The quantitative estimate of drug-likeness (QED) is 0.446. The smallest absolute Gasteiger partial charge is 0.266 e. The third-order valence-electron chi connectivity index (χ3n) is 2.10. The number of hydrogen-bond donors (Lipinski definition) is 2. The number of nitrogens with zero attached hydrogens (tertiary/aromatic N) is 2. The van der Waals surface area contributed by atoms with Crippen molar-refractivity contribution in [3.8, 4) is 0 Å². The molecule has 0 aliphatic carbocycles. The molecule has 0 bridgehead atoms. The van der Waals surface area contributed by atoms with Crippen molar-refractivity contribution < 1.29 is 13.6 Å². The summed E-state index contributed by atoms with van der Waals surface area (Å²) in [5, 5.41) is 0. The topological polar surface area (TPSA) is 71.2 Å². The lowest BCUT2D eigenvalue weighted by Crippen LogP contribution is -2.30. The number of nitrogens with one attached hydrogen (secondary N) is 1. The zero-order valence-corrected chi connectivity index (χ0v) is 9.36. The lowest BCUT2D eigenvalue weighted by atomic mass is 10.2. The molecule has 17 heavy (non-hydrogen) atoms. The Bertz CT molecular complexity index is 369. The molecule has 0 saturated heterocycles. The van der Waals surface area contributed by atoms with Gasteiger partial charge < -0.3 is 0 Å². The average Bonchev–Trinajstić information content (AvgIpc) is 2.28. The van der Waals surface area contributed by atoms with Gasteiger partial charge in [-0.05, 0) is 19.2 Å². The van der Waals surface area contributed by atoms with Crippen LogP contribution >= 0.6 is 0 Å². The molecule has 1 rings (SSSR count). The maximum absolute atomic E-state index is 12.1. The van der Waals surface area contributed by atoms with Crippen molar-refractivity contribution in [2.45, 2.75) is 13.0 Å². The van der Waals surface area contributed by atoms with Gasteiger partial charge >= 0.3 is 0 Å². The van der Waals surface area contributed by atoms with Gasteiger partial charge in [0.2, 0.25) is 0 Å². The van der Waals surface area contributed by atoms with E-state index in [4.69, 9.17) is 5.84 Å². The Kier molecular flexibility index (Phi) is 4.92. The van der Waals surface area contributed by atoms with Gasteiger partial charge in [-0.2, -0.15) is 0 Å². The SMILES string of the molecule is CN(Cc1ccc(C(=O)NN)cn1)CC(F)F. The number of halogens is 2. The molecular formula is C10H14F2N4O. The number of carbonyl (C=O) groups excluding carboxylic acids is 1. The Labute approximate surface area is 97.6 Å². The summed E-state index contributed by atoms with van der Waals surface area (Å²) in [6.45, 7) is -0.0123. The summed E-state index contributed by atoms with van der Waals surface area (Å²) in [5.41, 5.74) is 2.92. The number of rotatable bonds is 5. The number of amides is 1. The fourth-order valence-electron chi connectivity index (χ4n) is 1.31. The first-order valence-electron chi connectivity index (χ1n) is 4.95. The number of carbonyl (C=O) groups is 1. The highest BCUT2D eigenvalue weighted by atomic mass is 19.3. The van der Waals surface area contributed by atoms with E-state index < -0.39 is 12.3 Å². The average molecular weight is 244 g/mol. The van der Waals surface area contributed by atoms with E-state index in [2.05, 4.69) is 4.98 Å². The number of nitrogen functional groups attached to an aromatic ring is 1. The minimum atomic E-state index is -2.37. The molecule has 0 aliphatic heterocycles. The van der Waals surface area contributed by atoms with E-state index in [1.54, 1.807) is 19.2 Å². The summed E-state index contributed by atoms with van der Waals surface area (Å²) in [6, 6.07) is 3.15. The summed E-state index contributed by atoms with van der Waals surface area (Å²) in [7, 11) is 1.58. The van der Waals surface area contributed by atoms with Crippen LogP contribution in [-0.4, -0.2) is 35.8 Å². The zero-order valence-electron chi connectivity index (χ0n) is 9.36. The van der Waals surface area contributed by atoms with E-state index in [9.17, 15) is 13.6 Å². The molecule has 0 saturated carbocycles. The number of aromatic nitrogens is 1. The van der Waals surface area contributed by atoms with Crippen molar-refractivity contribution in [1.82, 2.24) is 15.3 Å². The predicted octanol–water partition coefficient (Wildman–Crippen LogP) is 0.382. The van der Waals surface area contributed by atoms with Crippen molar-refractivity contribution in [1.29, 1.82) is 0 Å². The monoisotopic (exact) mass is 244 g/mol. The number of hydrazine groups is 1. The molecule has 0 radical (unpaired) electrons. The van der Waals surface area contributed by atoms with Crippen LogP contribution in [0.1, 0.15) is 16.1 Å². The molecular weight excluding hydrogens is 230 g/mol. The van der Waals surface area contributed by atoms with Crippen LogP contribution in [0.3, 0.4) is 0 Å². The summed E-state index contributed by atoms with van der Waals surface area (Å²) in [4.78, 5) is 16.6. The normalized spacial score (nSPS) is 10.9. The van der Waals surface area contributed by atoms with Gasteiger partial charge in [0.15, 0.2) is 0 Å². The molecule has 0 fully saturated rings. The highest BCUT2D eigenvalue weighted by Gasteiger charge is 2.09. The van der Waals surface area contributed by atoms with Crippen LogP contribution in [0.5, 0.6) is 0 Å². The van der Waals surface area contributed by atoms with Crippen LogP contribution in [-0.2, 0) is 6.54 Å². The minimum Gasteiger partial charge on any atom is -0.295 e. The first-order chi connectivity index (χ1) is 8.02. The first kappa shape index (κ1) is 13.5. The summed E-state index contributed by atoms with van der Waals surface area (Å²) in [5.74, 6) is 4.52. The van der Waals surface area contributed by atoms with Crippen LogP contribution in [0.4, 0.5) is 8.78 Å². The van der Waals surface area contributed by atoms with E-state index in [1.165, 1.54) is 11.1 Å². The number of pyridine rings is 1. The maximum Gasteiger partial charge on any atom is 0.266 e. The van der Waals surface area contributed by atoms with E-state index in [0.29, 0.717) is 17.8 Å². The Morgan fingerprint density at radius 3 is 2.76 bits per heavy atom. The lowest BCUT2D eigenvalue weighted by Gasteiger charge is -2.15. The molecule has 5 nitrogen and oxygen atoms in total. The molecule has 1 amide bonds. The highest BCUT2D eigenvalue weighted by molar-refractivity contribution is 5.93. The van der Waals surface area contributed by atoms with Crippen molar-refractivity contribution >= 4 is 5.91 Å². The summed E-state index contributed by atoms with van der Waals surface area (Å²) < 4.78 is 24.1. The van der Waals surface area contributed by atoms with Crippen molar-refractivity contribution in [2.75, 3.05) is 13.6 Å². The van der Waals surface area contributed by atoms with Crippen LogP contribution in [0.2, 0.25) is 0 Å². The van der Waals surface area contributed by atoms with E-state index in [-0.39, 0.29) is 6.54 Å². The van der Waals surface area contributed by atoms with Crippen LogP contribution < -0.4 is 11.3 Å². The van der Waals surface area contributed by atoms with Gasteiger partial charge in [-0.3, -0.25) is 20.1 Å². The summed E-state index contributed by atoms with van der Waals surface area (Å²) in [6.07, 6.45) is -1.02. The molecule has 0 unspecified atom stereocenters. The summed E-state index contributed by atoms with van der Waals surface area (Å²) >= 11 is 0. The van der Waals surface area contributed by atoms with Crippen molar-refractivity contribution in [3.63, 3.8) is 0 Å². The van der Waals surface area contributed by atoms with Crippen molar-refractivity contribution in [2.24, 2.45) is 5.84 Å². The number of nitrogens with two attached hydrogens (primary N) is 1. The van der Waals surface area contributed by atoms with Gasteiger partial charge in [0, 0.05) is 12.7 Å². The van der Waals surface area contributed by atoms with Crippen molar-refractivity contribution in [3.05, 3.63) is 29.6 Å². The predicted molar refractivity (Wildman–Crippen MR) is 58.2 cm³/mol. The second-order valence-electron chi connectivity index (χ2n) is 3.60. The van der Waals surface area contributed by atoms with Gasteiger partial charge in [0.25, 0.3) is 12.3 Å². The van der Waals surface area contributed by atoms with E-state index >= 15 is 0 Å². The Morgan fingerprint density at radius 2 is 2.29 bits per heavy atom. The molecule has 0 aliphatic rings. The van der Waals surface area contributed by atoms with Crippen LogP contribution in [0, 0.1) is 0 Å². The Hall–Kier alpha value is -1.60. The van der Waals surface area contributed by atoms with Crippen LogP contribution in [0.25, 0.3) is 0 Å². The fourth-order valence-corrected chi connectivity index (χ4v) is 1.31. The molecule has 94 valence electrons. The lowest BCUT2D eigenvalue weighted by molar-refractivity contribution is 0.0953. The molecule has 1 heterocycles. The Morgan fingerprint density at radius 1 is 1.59 bits per heavy atom. The largest absolute Gasteiger partial charge is 0.295 e. The van der Waals surface area contributed by atoms with Crippen LogP contribution in [0.15, 0.2) is 18.3 Å². The zero-order chi connectivity index (χ0) is 12.8. The molecule has 1 aromatic heterocycles. The number of alkyl halides is 2.